The Kier molecular flexibility index (Phi) is 5.16. The Morgan fingerprint density at radius 1 is 1.33 bits per heavy atom. The van der Waals surface area contributed by atoms with Crippen LogP contribution in [0.15, 0.2) is 24.3 Å². The van der Waals surface area contributed by atoms with E-state index in [-0.39, 0.29) is 12.7 Å². The van der Waals surface area contributed by atoms with Crippen molar-refractivity contribution >= 4 is 11.9 Å². The summed E-state index contributed by atoms with van der Waals surface area (Å²) in [6.45, 7) is 0.487. The number of likely N-dealkylation sites (tertiary alicyclic amines) is 1. The van der Waals surface area contributed by atoms with Crippen LogP contribution in [0.2, 0.25) is 0 Å². The molecule has 0 bridgehead atoms. The first-order chi connectivity index (χ1) is 10.1. The van der Waals surface area contributed by atoms with E-state index in [0.717, 1.165) is 12.8 Å². The minimum Gasteiger partial charge on any atom is -0.480 e. The Morgan fingerprint density at radius 2 is 2.10 bits per heavy atom. The lowest BCUT2D eigenvalue weighted by atomic mass is 10.0. The molecule has 1 saturated heterocycles. The molecule has 0 spiro atoms. The number of piperidine rings is 1. The number of methoxy groups -OCH3 is 1. The molecule has 1 heterocycles. The molecule has 0 aromatic heterocycles. The van der Waals surface area contributed by atoms with E-state index >= 15 is 0 Å². The molecule has 1 aliphatic heterocycles. The van der Waals surface area contributed by atoms with Crippen LogP contribution in [0.25, 0.3) is 0 Å². The highest BCUT2D eigenvalue weighted by Gasteiger charge is 2.33. The van der Waals surface area contributed by atoms with E-state index in [1.54, 1.807) is 24.3 Å². The largest absolute Gasteiger partial charge is 0.480 e. The summed E-state index contributed by atoms with van der Waals surface area (Å²) in [5, 5.41) is 9.27. The maximum absolute atomic E-state index is 12.6. The van der Waals surface area contributed by atoms with Gasteiger partial charge in [0.25, 0.3) is 5.91 Å². The lowest BCUT2D eigenvalue weighted by Gasteiger charge is -2.33. The maximum Gasteiger partial charge on any atom is 0.326 e. The molecule has 1 aromatic rings. The van der Waals surface area contributed by atoms with Gasteiger partial charge in [-0.3, -0.25) is 4.79 Å². The van der Waals surface area contributed by atoms with Gasteiger partial charge < -0.3 is 19.5 Å². The van der Waals surface area contributed by atoms with Crippen molar-refractivity contribution in [1.29, 1.82) is 0 Å². The molecule has 0 radical (unpaired) electrons. The highest BCUT2D eigenvalue weighted by atomic mass is 16.7. The molecule has 2 rings (SSSR count). The molecule has 1 atom stereocenters. The number of carbonyl (C=O) groups is 2. The normalized spacial score (nSPS) is 18.3. The van der Waals surface area contributed by atoms with Crippen molar-refractivity contribution in [3.63, 3.8) is 0 Å². The summed E-state index contributed by atoms with van der Waals surface area (Å²) in [6.07, 6.45) is 2.13. The maximum atomic E-state index is 12.6. The number of nitrogens with zero attached hydrogens (tertiary/aromatic N) is 1. The monoisotopic (exact) mass is 293 g/mol. The molecule has 1 fully saturated rings. The van der Waals surface area contributed by atoms with E-state index in [0.29, 0.717) is 24.3 Å². The summed E-state index contributed by atoms with van der Waals surface area (Å²) in [6, 6.07) is 6.04. The van der Waals surface area contributed by atoms with Gasteiger partial charge in [-0.25, -0.2) is 4.79 Å². The summed E-state index contributed by atoms with van der Waals surface area (Å²) in [7, 11) is 1.50. The van der Waals surface area contributed by atoms with Crippen LogP contribution in [-0.4, -0.2) is 48.4 Å². The zero-order valence-corrected chi connectivity index (χ0v) is 11.9. The van der Waals surface area contributed by atoms with Crippen molar-refractivity contribution in [2.45, 2.75) is 25.3 Å². The van der Waals surface area contributed by atoms with Gasteiger partial charge in [-0.05, 0) is 31.4 Å². The first kappa shape index (κ1) is 15.3. The number of carboxylic acid groups (broad SMARTS) is 1. The van der Waals surface area contributed by atoms with Crippen molar-refractivity contribution in [1.82, 2.24) is 4.90 Å². The third-order valence-corrected chi connectivity index (χ3v) is 3.50. The zero-order chi connectivity index (χ0) is 15.2. The zero-order valence-electron chi connectivity index (χ0n) is 11.9. The molecule has 1 amide bonds. The van der Waals surface area contributed by atoms with Crippen LogP contribution in [0.1, 0.15) is 29.6 Å². The predicted molar refractivity (Wildman–Crippen MR) is 75.3 cm³/mol. The van der Waals surface area contributed by atoms with Crippen LogP contribution in [0, 0.1) is 0 Å². The lowest BCUT2D eigenvalue weighted by molar-refractivity contribution is -0.143. The van der Waals surface area contributed by atoms with E-state index in [1.165, 1.54) is 12.0 Å². The SMILES string of the molecule is COCOc1ccccc1C(=O)N1CCCCC1C(=O)O. The van der Waals surface area contributed by atoms with Gasteiger partial charge in [0.05, 0.1) is 5.56 Å². The molecule has 0 aliphatic carbocycles. The van der Waals surface area contributed by atoms with Gasteiger partial charge in [0.2, 0.25) is 0 Å². The Hall–Kier alpha value is -2.08. The average molecular weight is 293 g/mol. The summed E-state index contributed by atoms with van der Waals surface area (Å²) in [4.78, 5) is 25.4. The van der Waals surface area contributed by atoms with Crippen LogP contribution < -0.4 is 4.74 Å². The van der Waals surface area contributed by atoms with Crippen LogP contribution in [0.3, 0.4) is 0 Å². The topological polar surface area (TPSA) is 76.1 Å². The van der Waals surface area contributed by atoms with Gasteiger partial charge in [0, 0.05) is 13.7 Å². The third kappa shape index (κ3) is 3.52. The molecule has 0 saturated carbocycles. The van der Waals surface area contributed by atoms with Crippen molar-refractivity contribution in [3.05, 3.63) is 29.8 Å². The summed E-state index contributed by atoms with van der Waals surface area (Å²) in [5.41, 5.74) is 0.364. The van der Waals surface area contributed by atoms with Gasteiger partial charge in [-0.15, -0.1) is 0 Å². The molecule has 1 aromatic carbocycles. The number of rotatable bonds is 5. The third-order valence-electron chi connectivity index (χ3n) is 3.50. The average Bonchev–Trinajstić information content (AvgIpc) is 2.52. The first-order valence-electron chi connectivity index (χ1n) is 6.89. The van der Waals surface area contributed by atoms with E-state index in [2.05, 4.69) is 0 Å². The number of benzene rings is 1. The Balaban J connectivity index is 2.24. The molecule has 114 valence electrons. The van der Waals surface area contributed by atoms with Crippen molar-refractivity contribution in [2.75, 3.05) is 20.4 Å². The highest BCUT2D eigenvalue weighted by molar-refractivity contribution is 5.99. The summed E-state index contributed by atoms with van der Waals surface area (Å²) >= 11 is 0. The van der Waals surface area contributed by atoms with Gasteiger partial charge >= 0.3 is 5.97 Å². The number of hydrogen-bond donors (Lipinski definition) is 1. The number of para-hydroxylation sites is 1. The highest BCUT2D eigenvalue weighted by Crippen LogP contribution is 2.25. The molecule has 1 unspecified atom stereocenters. The van der Waals surface area contributed by atoms with Crippen molar-refractivity contribution in [3.8, 4) is 5.75 Å². The second-order valence-electron chi connectivity index (χ2n) is 4.90. The van der Waals surface area contributed by atoms with Gasteiger partial charge in [0.1, 0.15) is 11.8 Å². The van der Waals surface area contributed by atoms with Crippen LogP contribution in [0.5, 0.6) is 5.75 Å². The fourth-order valence-corrected chi connectivity index (χ4v) is 2.48. The fraction of sp³-hybridized carbons (Fsp3) is 0.467. The molecule has 1 aliphatic rings. The summed E-state index contributed by atoms with van der Waals surface area (Å²) < 4.78 is 10.2. The molecule has 6 nitrogen and oxygen atoms in total. The Bertz CT molecular complexity index is 517. The van der Waals surface area contributed by atoms with Crippen molar-refractivity contribution in [2.24, 2.45) is 0 Å². The van der Waals surface area contributed by atoms with Gasteiger partial charge in [0.15, 0.2) is 6.79 Å². The van der Waals surface area contributed by atoms with Gasteiger partial charge in [-0.2, -0.15) is 0 Å². The number of amides is 1. The van der Waals surface area contributed by atoms with Crippen molar-refractivity contribution < 1.29 is 24.2 Å². The Morgan fingerprint density at radius 3 is 2.81 bits per heavy atom. The minimum atomic E-state index is -0.960. The number of carbonyl (C=O) groups excluding carboxylic acids is 1. The number of hydrogen-bond acceptors (Lipinski definition) is 4. The fourth-order valence-electron chi connectivity index (χ4n) is 2.48. The minimum absolute atomic E-state index is 0.0344. The second-order valence-corrected chi connectivity index (χ2v) is 4.90. The van der Waals surface area contributed by atoms with Crippen LogP contribution in [-0.2, 0) is 9.53 Å². The predicted octanol–water partition coefficient (Wildman–Crippen LogP) is 1.75. The van der Waals surface area contributed by atoms with E-state index in [1.807, 2.05) is 0 Å². The molecular formula is C15H19NO5. The van der Waals surface area contributed by atoms with E-state index in [9.17, 15) is 14.7 Å². The van der Waals surface area contributed by atoms with E-state index in [4.69, 9.17) is 9.47 Å². The number of aliphatic carboxylic acids is 1. The Labute approximate surface area is 123 Å². The summed E-state index contributed by atoms with van der Waals surface area (Å²) in [5.74, 6) is -0.869. The van der Waals surface area contributed by atoms with Gasteiger partial charge in [-0.1, -0.05) is 12.1 Å². The van der Waals surface area contributed by atoms with Crippen LogP contribution in [0.4, 0.5) is 0 Å². The molecule has 1 N–H and O–H groups in total. The lowest BCUT2D eigenvalue weighted by Crippen LogP contribution is -2.48. The molecule has 21 heavy (non-hydrogen) atoms. The number of ether oxygens (including phenoxy) is 2. The number of carboxylic acids is 1. The molecular weight excluding hydrogens is 274 g/mol. The second kappa shape index (κ2) is 7.08. The van der Waals surface area contributed by atoms with E-state index < -0.39 is 12.0 Å². The van der Waals surface area contributed by atoms with Crippen LogP contribution >= 0.6 is 0 Å². The molecule has 6 heteroatoms. The first-order valence-corrected chi connectivity index (χ1v) is 6.89. The quantitative estimate of drug-likeness (QED) is 0.837. The standard InChI is InChI=1S/C15H19NO5/c1-20-10-21-13-8-3-2-6-11(13)14(17)16-9-5-4-7-12(16)15(18)19/h2-3,6,8,12H,4-5,7,9-10H2,1H3,(H,18,19). The smallest absolute Gasteiger partial charge is 0.326 e.